The van der Waals surface area contributed by atoms with Gasteiger partial charge in [-0.15, -0.1) is 24.0 Å². The zero-order valence-corrected chi connectivity index (χ0v) is 17.9. The maximum absolute atomic E-state index is 6.09. The highest BCUT2D eigenvalue weighted by Crippen LogP contribution is 2.27. The van der Waals surface area contributed by atoms with Crippen LogP contribution in [-0.2, 0) is 0 Å². The van der Waals surface area contributed by atoms with E-state index in [-0.39, 0.29) is 24.0 Å². The first-order valence-corrected chi connectivity index (χ1v) is 8.53. The molecule has 0 atom stereocenters. The topological polar surface area (TPSA) is 84.6 Å². The zero-order valence-electron chi connectivity index (χ0n) is 14.8. The van der Waals surface area contributed by atoms with E-state index in [1.54, 1.807) is 19.2 Å². The van der Waals surface area contributed by atoms with Crippen molar-refractivity contribution in [1.82, 2.24) is 4.98 Å². The molecule has 3 aromatic rings. The molecule has 0 aliphatic heterocycles. The van der Waals surface area contributed by atoms with Crippen LogP contribution in [0.3, 0.4) is 0 Å². The van der Waals surface area contributed by atoms with Gasteiger partial charge in [-0.05, 0) is 36.4 Å². The normalized spacial score (nSPS) is 11.0. The Balaban J connectivity index is 0.00000261. The summed E-state index contributed by atoms with van der Waals surface area (Å²) >= 11 is 6.09. The molecule has 0 bridgehead atoms. The molecule has 0 radical (unpaired) electrons. The highest BCUT2D eigenvalue weighted by molar-refractivity contribution is 14.0. The molecular weight excluding hydrogens is 477 g/mol. The van der Waals surface area contributed by atoms with Crippen molar-refractivity contribution >= 4 is 63.9 Å². The lowest BCUT2D eigenvalue weighted by molar-refractivity contribution is 0.415. The number of anilines is 2. The average molecular weight is 498 g/mol. The van der Waals surface area contributed by atoms with Crippen molar-refractivity contribution < 1.29 is 4.74 Å². The Kier molecular flexibility index (Phi) is 7.93. The lowest BCUT2D eigenvalue weighted by Gasteiger charge is -2.09. The van der Waals surface area contributed by atoms with Crippen LogP contribution in [0.5, 0.6) is 5.75 Å². The standard InChI is InChI=1S/C19H20ClN5O.HI/c1-26-17-8-7-14(12-15(17)20)24-19(21)23-11-10-22-18-9-6-13-4-2-3-5-16(13)25-18;/h2-9,12H,10-11H2,1H3,(H,22,25)(H3,21,23,24);1H. The molecular formula is C19H21ClIN5O. The monoisotopic (exact) mass is 497 g/mol. The van der Waals surface area contributed by atoms with Crippen LogP contribution >= 0.6 is 35.6 Å². The summed E-state index contributed by atoms with van der Waals surface area (Å²) in [4.78, 5) is 8.84. The maximum Gasteiger partial charge on any atom is 0.193 e. The first-order chi connectivity index (χ1) is 12.7. The molecule has 27 heavy (non-hydrogen) atoms. The van der Waals surface area contributed by atoms with Crippen molar-refractivity contribution in [3.8, 4) is 5.75 Å². The number of guanidine groups is 1. The summed E-state index contributed by atoms with van der Waals surface area (Å²) in [6.07, 6.45) is 0. The van der Waals surface area contributed by atoms with E-state index < -0.39 is 0 Å². The largest absolute Gasteiger partial charge is 0.495 e. The number of nitrogens with two attached hydrogens (primary N) is 1. The molecule has 0 aliphatic rings. The molecule has 0 unspecified atom stereocenters. The van der Waals surface area contributed by atoms with Gasteiger partial charge in [0, 0.05) is 17.6 Å². The molecule has 0 aliphatic carbocycles. The van der Waals surface area contributed by atoms with Crippen LogP contribution in [0.15, 0.2) is 59.6 Å². The molecule has 6 nitrogen and oxygen atoms in total. The van der Waals surface area contributed by atoms with Crippen LogP contribution in [0, 0.1) is 0 Å². The molecule has 0 fully saturated rings. The van der Waals surface area contributed by atoms with Crippen LogP contribution in [0.2, 0.25) is 5.02 Å². The van der Waals surface area contributed by atoms with E-state index in [4.69, 9.17) is 22.1 Å². The molecule has 0 saturated carbocycles. The van der Waals surface area contributed by atoms with Crippen molar-refractivity contribution in [2.75, 3.05) is 30.8 Å². The van der Waals surface area contributed by atoms with E-state index in [1.807, 2.05) is 42.5 Å². The van der Waals surface area contributed by atoms with Gasteiger partial charge in [-0.2, -0.15) is 0 Å². The van der Waals surface area contributed by atoms with Gasteiger partial charge in [0.25, 0.3) is 0 Å². The number of hydrogen-bond donors (Lipinski definition) is 3. The number of para-hydroxylation sites is 1. The van der Waals surface area contributed by atoms with Gasteiger partial charge in [0.05, 0.1) is 24.2 Å². The third-order valence-corrected chi connectivity index (χ3v) is 4.02. The van der Waals surface area contributed by atoms with Crippen LogP contribution in [-0.4, -0.2) is 31.1 Å². The second-order valence-corrected chi connectivity index (χ2v) is 5.96. The molecule has 2 aromatic carbocycles. The van der Waals surface area contributed by atoms with Crippen molar-refractivity contribution in [2.45, 2.75) is 0 Å². The number of aromatic nitrogens is 1. The third kappa shape index (κ3) is 5.86. The average Bonchev–Trinajstić information content (AvgIpc) is 2.65. The summed E-state index contributed by atoms with van der Waals surface area (Å²) in [5, 5.41) is 7.86. The number of ether oxygens (including phenoxy) is 1. The number of pyridine rings is 1. The lowest BCUT2D eigenvalue weighted by Crippen LogP contribution is -2.23. The molecule has 4 N–H and O–H groups in total. The van der Waals surface area contributed by atoms with Gasteiger partial charge in [0.1, 0.15) is 11.6 Å². The van der Waals surface area contributed by atoms with Crippen molar-refractivity contribution in [1.29, 1.82) is 0 Å². The smallest absolute Gasteiger partial charge is 0.193 e. The van der Waals surface area contributed by atoms with E-state index in [1.165, 1.54) is 0 Å². The van der Waals surface area contributed by atoms with Crippen molar-refractivity contribution in [3.05, 3.63) is 59.6 Å². The molecule has 1 heterocycles. The Morgan fingerprint density at radius 3 is 2.78 bits per heavy atom. The van der Waals surface area contributed by atoms with Gasteiger partial charge in [0.2, 0.25) is 0 Å². The highest BCUT2D eigenvalue weighted by Gasteiger charge is 2.02. The van der Waals surface area contributed by atoms with E-state index in [0.29, 0.717) is 29.8 Å². The van der Waals surface area contributed by atoms with Gasteiger partial charge < -0.3 is 21.1 Å². The van der Waals surface area contributed by atoms with Crippen LogP contribution in [0.1, 0.15) is 0 Å². The summed E-state index contributed by atoms with van der Waals surface area (Å²) in [5.41, 5.74) is 7.61. The van der Waals surface area contributed by atoms with Crippen LogP contribution in [0.4, 0.5) is 11.5 Å². The maximum atomic E-state index is 6.09. The predicted molar refractivity (Wildman–Crippen MR) is 124 cm³/mol. The minimum absolute atomic E-state index is 0. The van der Waals surface area contributed by atoms with Gasteiger partial charge in [-0.3, -0.25) is 4.99 Å². The summed E-state index contributed by atoms with van der Waals surface area (Å²) in [6, 6.07) is 17.3. The number of hydrogen-bond acceptors (Lipinski definition) is 4. The Morgan fingerprint density at radius 2 is 2.00 bits per heavy atom. The summed E-state index contributed by atoms with van der Waals surface area (Å²) in [6.45, 7) is 1.13. The lowest BCUT2D eigenvalue weighted by atomic mass is 10.2. The first-order valence-electron chi connectivity index (χ1n) is 8.16. The number of benzene rings is 2. The number of aliphatic imine (C=N–C) groups is 1. The Bertz CT molecular complexity index is 935. The second kappa shape index (κ2) is 10.2. The Labute approximate surface area is 180 Å². The van der Waals surface area contributed by atoms with Gasteiger partial charge in [-0.25, -0.2) is 4.98 Å². The zero-order chi connectivity index (χ0) is 18.4. The number of nitrogens with zero attached hydrogens (tertiary/aromatic N) is 2. The summed E-state index contributed by atoms with van der Waals surface area (Å²) in [5.74, 6) is 1.74. The van der Waals surface area contributed by atoms with Gasteiger partial charge >= 0.3 is 0 Å². The number of nitrogens with one attached hydrogen (secondary N) is 2. The highest BCUT2D eigenvalue weighted by atomic mass is 127. The SMILES string of the molecule is COc1ccc(NC(N)=NCCNc2ccc3ccccc3n2)cc1Cl.I. The van der Waals surface area contributed by atoms with E-state index >= 15 is 0 Å². The Morgan fingerprint density at radius 1 is 1.19 bits per heavy atom. The Hall–Kier alpha value is -2.26. The number of methoxy groups -OCH3 is 1. The van der Waals surface area contributed by atoms with Crippen LogP contribution in [0.25, 0.3) is 10.9 Å². The summed E-state index contributed by atoms with van der Waals surface area (Å²) in [7, 11) is 1.57. The fraction of sp³-hybridized carbons (Fsp3) is 0.158. The molecule has 142 valence electrons. The van der Waals surface area contributed by atoms with Gasteiger partial charge in [0.15, 0.2) is 5.96 Å². The molecule has 1 aromatic heterocycles. The third-order valence-electron chi connectivity index (χ3n) is 3.72. The fourth-order valence-corrected chi connectivity index (χ4v) is 2.71. The first kappa shape index (κ1) is 21.0. The van der Waals surface area contributed by atoms with Gasteiger partial charge in [-0.1, -0.05) is 29.8 Å². The molecule has 0 saturated heterocycles. The summed E-state index contributed by atoms with van der Waals surface area (Å²) < 4.78 is 5.12. The quantitative estimate of drug-likeness (QED) is 0.204. The molecule has 8 heteroatoms. The second-order valence-electron chi connectivity index (χ2n) is 5.56. The van der Waals surface area contributed by atoms with E-state index in [9.17, 15) is 0 Å². The number of rotatable bonds is 6. The van der Waals surface area contributed by atoms with Crippen LogP contribution < -0.4 is 21.1 Å². The number of halogens is 2. The number of fused-ring (bicyclic) bond motifs is 1. The minimum Gasteiger partial charge on any atom is -0.495 e. The molecule has 0 amide bonds. The fourth-order valence-electron chi connectivity index (χ4n) is 2.46. The predicted octanol–water partition coefficient (Wildman–Crippen LogP) is 4.35. The minimum atomic E-state index is 0. The molecule has 0 spiro atoms. The van der Waals surface area contributed by atoms with Crippen molar-refractivity contribution in [3.63, 3.8) is 0 Å². The van der Waals surface area contributed by atoms with Crippen molar-refractivity contribution in [2.24, 2.45) is 10.7 Å². The van der Waals surface area contributed by atoms with E-state index in [2.05, 4.69) is 20.6 Å². The molecule has 3 rings (SSSR count). The van der Waals surface area contributed by atoms with E-state index in [0.717, 1.165) is 22.4 Å².